The molecule has 5 rings (SSSR count). The number of carbonyl (C=O) groups is 1. The molecular weight excluding hydrogens is 454 g/mol. The smallest absolute Gasteiger partial charge is 0.255 e. The minimum atomic E-state index is -3.30. The van der Waals surface area contributed by atoms with Crippen LogP contribution in [0.5, 0.6) is 11.5 Å². The van der Waals surface area contributed by atoms with Crippen molar-refractivity contribution in [3.63, 3.8) is 0 Å². The fraction of sp³-hybridized carbons (Fsp3) is 0.269. The van der Waals surface area contributed by atoms with E-state index in [2.05, 4.69) is 0 Å². The van der Waals surface area contributed by atoms with Crippen molar-refractivity contribution in [3.05, 3.63) is 89.0 Å². The lowest BCUT2D eigenvalue weighted by Gasteiger charge is -2.37. The number of benzene rings is 3. The summed E-state index contributed by atoms with van der Waals surface area (Å²) in [5, 5.41) is 0. The number of carbonyl (C=O) groups excluding carboxylic acids is 1. The van der Waals surface area contributed by atoms with Gasteiger partial charge in [-0.15, -0.1) is 0 Å². The van der Waals surface area contributed by atoms with E-state index < -0.39 is 15.9 Å². The number of amides is 1. The Labute approximate surface area is 198 Å². The second kappa shape index (κ2) is 8.77. The molecule has 0 saturated carbocycles. The lowest BCUT2D eigenvalue weighted by atomic mass is 9.94. The lowest BCUT2D eigenvalue weighted by Crippen LogP contribution is -2.40. The average Bonchev–Trinajstić information content (AvgIpc) is 3.13. The zero-order valence-corrected chi connectivity index (χ0v) is 19.7. The maximum atomic E-state index is 13.2. The molecule has 0 aliphatic carbocycles. The average molecular weight is 480 g/mol. The van der Waals surface area contributed by atoms with Crippen LogP contribution in [0, 0.1) is 0 Å². The minimum Gasteiger partial charge on any atom is -0.493 e. The van der Waals surface area contributed by atoms with Gasteiger partial charge < -0.3 is 19.1 Å². The molecule has 0 radical (unpaired) electrons. The van der Waals surface area contributed by atoms with Gasteiger partial charge in [0.2, 0.25) is 0 Å². The third-order valence-corrected chi connectivity index (χ3v) is 7.40. The number of rotatable bonds is 6. The van der Waals surface area contributed by atoms with Gasteiger partial charge in [0.15, 0.2) is 21.3 Å². The summed E-state index contributed by atoms with van der Waals surface area (Å²) in [5.41, 5.74) is 3.21. The molecule has 8 heteroatoms. The zero-order chi connectivity index (χ0) is 23.9. The fourth-order valence-corrected chi connectivity index (χ4v) is 5.21. The Morgan fingerprint density at radius 2 is 1.76 bits per heavy atom. The summed E-state index contributed by atoms with van der Waals surface area (Å²) in [6.07, 6.45) is 0.750. The molecule has 34 heavy (non-hydrogen) atoms. The molecule has 176 valence electrons. The van der Waals surface area contributed by atoms with Gasteiger partial charge in [-0.25, -0.2) is 8.42 Å². The molecule has 2 aliphatic rings. The van der Waals surface area contributed by atoms with E-state index in [0.29, 0.717) is 36.8 Å². The van der Waals surface area contributed by atoms with Crippen molar-refractivity contribution in [2.45, 2.75) is 23.6 Å². The molecule has 7 nitrogen and oxygen atoms in total. The molecule has 3 aromatic rings. The second-order valence-corrected chi connectivity index (χ2v) is 10.5. The van der Waals surface area contributed by atoms with Crippen molar-refractivity contribution in [2.75, 3.05) is 26.5 Å². The number of ether oxygens (including phenoxy) is 3. The molecule has 2 heterocycles. The molecule has 1 amide bonds. The van der Waals surface area contributed by atoms with Gasteiger partial charge in [-0.1, -0.05) is 42.5 Å². The molecule has 0 aromatic heterocycles. The van der Waals surface area contributed by atoms with Crippen molar-refractivity contribution in [1.29, 1.82) is 0 Å². The lowest BCUT2D eigenvalue weighted by molar-refractivity contribution is -0.0570. The number of sulfone groups is 1. The molecule has 2 aliphatic heterocycles. The van der Waals surface area contributed by atoms with E-state index in [1.165, 1.54) is 6.26 Å². The van der Waals surface area contributed by atoms with Crippen LogP contribution in [-0.2, 0) is 21.2 Å². The van der Waals surface area contributed by atoms with Gasteiger partial charge in [0.25, 0.3) is 5.91 Å². The Morgan fingerprint density at radius 1 is 1.03 bits per heavy atom. The van der Waals surface area contributed by atoms with E-state index in [0.717, 1.165) is 16.7 Å². The highest BCUT2D eigenvalue weighted by Crippen LogP contribution is 2.48. The van der Waals surface area contributed by atoms with E-state index in [1.807, 2.05) is 41.3 Å². The second-order valence-electron chi connectivity index (χ2n) is 8.44. The highest BCUT2D eigenvalue weighted by Gasteiger charge is 2.45. The summed E-state index contributed by atoms with van der Waals surface area (Å²) in [6, 6.07) is 19.7. The van der Waals surface area contributed by atoms with Crippen LogP contribution in [0.15, 0.2) is 71.6 Å². The van der Waals surface area contributed by atoms with Gasteiger partial charge >= 0.3 is 0 Å². The Hall–Kier alpha value is -3.36. The fourth-order valence-electron chi connectivity index (χ4n) is 4.58. The third kappa shape index (κ3) is 4.03. The summed E-state index contributed by atoms with van der Waals surface area (Å²) >= 11 is 0. The Bertz CT molecular complexity index is 1320. The molecule has 3 aromatic carbocycles. The van der Waals surface area contributed by atoms with Gasteiger partial charge in [0.05, 0.1) is 24.7 Å². The number of morpholine rings is 1. The van der Waals surface area contributed by atoms with Crippen molar-refractivity contribution in [2.24, 2.45) is 0 Å². The minimum absolute atomic E-state index is 0.0750. The van der Waals surface area contributed by atoms with Gasteiger partial charge in [-0.3, -0.25) is 4.79 Å². The van der Waals surface area contributed by atoms with Gasteiger partial charge in [-0.05, 0) is 41.0 Å². The standard InChI is InChI=1S/C26H25NO6S/c1-31-22-15-21-20(14-23(22)33-16-17-6-4-3-5-7-17)24-25(32-13-12-27(24)26(21)28)18-8-10-19(11-9-18)34(2,29)30/h3-11,14-15,24-25H,12-13,16H2,1-2H3/t24-,25-/m1/s1. The van der Waals surface area contributed by atoms with E-state index >= 15 is 0 Å². The first kappa shape index (κ1) is 22.4. The molecule has 1 saturated heterocycles. The maximum absolute atomic E-state index is 13.2. The summed E-state index contributed by atoms with van der Waals surface area (Å²) < 4.78 is 41.5. The zero-order valence-electron chi connectivity index (χ0n) is 18.9. The number of hydrogen-bond acceptors (Lipinski definition) is 6. The van der Waals surface area contributed by atoms with Crippen molar-refractivity contribution in [1.82, 2.24) is 4.90 Å². The number of nitrogens with zero attached hydrogens (tertiary/aromatic N) is 1. The first-order chi connectivity index (χ1) is 16.4. The summed E-state index contributed by atoms with van der Waals surface area (Å²) in [4.78, 5) is 15.3. The first-order valence-electron chi connectivity index (χ1n) is 11.0. The number of methoxy groups -OCH3 is 1. The van der Waals surface area contributed by atoms with E-state index in [1.54, 1.807) is 37.4 Å². The van der Waals surface area contributed by atoms with Crippen molar-refractivity contribution in [3.8, 4) is 11.5 Å². The molecule has 0 unspecified atom stereocenters. The molecular formula is C26H25NO6S. The van der Waals surface area contributed by atoms with Gasteiger partial charge in [0.1, 0.15) is 12.7 Å². The largest absolute Gasteiger partial charge is 0.493 e. The van der Waals surface area contributed by atoms with Crippen LogP contribution in [-0.4, -0.2) is 45.7 Å². The molecule has 0 N–H and O–H groups in total. The van der Waals surface area contributed by atoms with E-state index in [-0.39, 0.29) is 16.8 Å². The third-order valence-electron chi connectivity index (χ3n) is 6.27. The highest BCUT2D eigenvalue weighted by molar-refractivity contribution is 7.90. The van der Waals surface area contributed by atoms with Gasteiger partial charge in [-0.2, -0.15) is 0 Å². The number of hydrogen-bond donors (Lipinski definition) is 0. The van der Waals surface area contributed by atoms with Crippen molar-refractivity contribution >= 4 is 15.7 Å². The molecule has 0 spiro atoms. The molecule has 1 fully saturated rings. The Kier molecular flexibility index (Phi) is 5.79. The Balaban J connectivity index is 1.51. The summed E-state index contributed by atoms with van der Waals surface area (Å²) in [7, 11) is -1.75. The van der Waals surface area contributed by atoms with Crippen LogP contribution in [0.3, 0.4) is 0 Å². The van der Waals surface area contributed by atoms with Crippen molar-refractivity contribution < 1.29 is 27.4 Å². The van der Waals surface area contributed by atoms with Crippen LogP contribution < -0.4 is 9.47 Å². The predicted molar refractivity (Wildman–Crippen MR) is 126 cm³/mol. The number of fused-ring (bicyclic) bond motifs is 3. The first-order valence-corrected chi connectivity index (χ1v) is 12.9. The van der Waals surface area contributed by atoms with Crippen LogP contribution in [0.25, 0.3) is 0 Å². The maximum Gasteiger partial charge on any atom is 0.255 e. The monoisotopic (exact) mass is 479 g/mol. The SMILES string of the molecule is COc1cc2c(cc1OCc1ccccc1)[C@@H]1[C@@H](c3ccc(S(C)(=O)=O)cc3)OCCN1C2=O. The van der Waals surface area contributed by atoms with Crippen LogP contribution >= 0.6 is 0 Å². The van der Waals surface area contributed by atoms with Crippen LogP contribution in [0.2, 0.25) is 0 Å². The quantitative estimate of drug-likeness (QED) is 0.533. The summed E-state index contributed by atoms with van der Waals surface area (Å²) in [6.45, 7) is 1.23. The van der Waals surface area contributed by atoms with Crippen LogP contribution in [0.4, 0.5) is 0 Å². The van der Waals surface area contributed by atoms with Crippen LogP contribution in [0.1, 0.15) is 39.2 Å². The topological polar surface area (TPSA) is 82.1 Å². The Morgan fingerprint density at radius 3 is 2.44 bits per heavy atom. The van der Waals surface area contributed by atoms with Gasteiger partial charge in [0, 0.05) is 18.4 Å². The van der Waals surface area contributed by atoms with E-state index in [9.17, 15) is 13.2 Å². The molecule has 2 atom stereocenters. The highest BCUT2D eigenvalue weighted by atomic mass is 32.2. The predicted octanol–water partition coefficient (Wildman–Crippen LogP) is 3.95. The summed E-state index contributed by atoms with van der Waals surface area (Å²) in [5.74, 6) is 0.975. The molecule has 0 bridgehead atoms. The van der Waals surface area contributed by atoms with E-state index in [4.69, 9.17) is 14.2 Å². The normalized spacial score (nSPS) is 19.5.